The number of hydrogen-bond donors (Lipinski definition) is 0. The Morgan fingerprint density at radius 1 is 0.531 bits per heavy atom. The van der Waals surface area contributed by atoms with Crippen LogP contribution in [0.4, 0.5) is 0 Å². The van der Waals surface area contributed by atoms with E-state index in [1.54, 1.807) is 0 Å². The molecule has 0 bridgehead atoms. The van der Waals surface area contributed by atoms with Gasteiger partial charge in [0.25, 0.3) is 0 Å². The van der Waals surface area contributed by atoms with Crippen molar-refractivity contribution in [1.29, 1.82) is 0 Å². The molecular formula is C29H37NO2. The second kappa shape index (κ2) is 13.8. The van der Waals surface area contributed by atoms with E-state index >= 15 is 0 Å². The van der Waals surface area contributed by atoms with Crippen molar-refractivity contribution in [1.82, 2.24) is 4.98 Å². The fourth-order valence-electron chi connectivity index (χ4n) is 3.61. The van der Waals surface area contributed by atoms with Crippen molar-refractivity contribution in [2.24, 2.45) is 0 Å². The molecule has 0 N–H and O–H groups in total. The third kappa shape index (κ3) is 9.33. The SMILES string of the molecule is Cc1ccc(CCOCCCc2cccc(CCCOCCc3ccc(C)cc3)n2)cc1. The van der Waals surface area contributed by atoms with E-state index in [0.29, 0.717) is 0 Å². The largest absolute Gasteiger partial charge is 0.381 e. The average molecular weight is 432 g/mol. The quantitative estimate of drug-likeness (QED) is 0.290. The molecule has 3 aromatic rings. The topological polar surface area (TPSA) is 31.4 Å². The Morgan fingerprint density at radius 2 is 0.969 bits per heavy atom. The van der Waals surface area contributed by atoms with Crippen molar-refractivity contribution in [3.63, 3.8) is 0 Å². The lowest BCUT2D eigenvalue weighted by Crippen LogP contribution is -2.04. The van der Waals surface area contributed by atoms with E-state index in [4.69, 9.17) is 14.5 Å². The second-order valence-electron chi connectivity index (χ2n) is 8.52. The molecule has 1 aromatic heterocycles. The Hall–Kier alpha value is -2.49. The van der Waals surface area contributed by atoms with Crippen LogP contribution < -0.4 is 0 Å². The van der Waals surface area contributed by atoms with E-state index in [9.17, 15) is 0 Å². The van der Waals surface area contributed by atoms with Crippen LogP contribution in [0.3, 0.4) is 0 Å². The van der Waals surface area contributed by atoms with Gasteiger partial charge in [0.1, 0.15) is 0 Å². The predicted molar refractivity (Wildman–Crippen MR) is 132 cm³/mol. The Bertz CT molecular complexity index is 830. The molecule has 0 aliphatic heterocycles. The molecule has 3 nitrogen and oxygen atoms in total. The third-order valence-corrected chi connectivity index (χ3v) is 5.62. The summed E-state index contributed by atoms with van der Waals surface area (Å²) in [5.74, 6) is 0. The van der Waals surface area contributed by atoms with Gasteiger partial charge in [-0.15, -0.1) is 0 Å². The van der Waals surface area contributed by atoms with Crippen molar-refractivity contribution in [2.75, 3.05) is 26.4 Å². The minimum absolute atomic E-state index is 0.778. The minimum Gasteiger partial charge on any atom is -0.381 e. The first kappa shape index (κ1) is 24.2. The van der Waals surface area contributed by atoms with Crippen LogP contribution in [0.5, 0.6) is 0 Å². The minimum atomic E-state index is 0.778. The van der Waals surface area contributed by atoms with Gasteiger partial charge in [0.05, 0.1) is 13.2 Å². The van der Waals surface area contributed by atoms with E-state index in [2.05, 4.69) is 80.6 Å². The smallest absolute Gasteiger partial charge is 0.0506 e. The average Bonchev–Trinajstić information content (AvgIpc) is 2.81. The molecule has 32 heavy (non-hydrogen) atoms. The van der Waals surface area contributed by atoms with Crippen LogP contribution in [0.1, 0.15) is 46.5 Å². The lowest BCUT2D eigenvalue weighted by Gasteiger charge is -2.07. The second-order valence-corrected chi connectivity index (χ2v) is 8.52. The van der Waals surface area contributed by atoms with Crippen LogP contribution in [-0.2, 0) is 35.2 Å². The molecule has 170 valence electrons. The number of hydrogen-bond acceptors (Lipinski definition) is 3. The lowest BCUT2D eigenvalue weighted by atomic mass is 10.1. The Morgan fingerprint density at radius 3 is 1.41 bits per heavy atom. The maximum Gasteiger partial charge on any atom is 0.0506 e. The van der Waals surface area contributed by atoms with Crippen LogP contribution in [0.25, 0.3) is 0 Å². The molecule has 0 amide bonds. The fourth-order valence-corrected chi connectivity index (χ4v) is 3.61. The van der Waals surface area contributed by atoms with E-state index in [0.717, 1.165) is 76.3 Å². The van der Waals surface area contributed by atoms with Gasteiger partial charge in [-0.25, -0.2) is 0 Å². The van der Waals surface area contributed by atoms with Crippen LogP contribution >= 0.6 is 0 Å². The number of ether oxygens (including phenoxy) is 2. The van der Waals surface area contributed by atoms with Crippen LogP contribution in [0.2, 0.25) is 0 Å². The predicted octanol–water partition coefficient (Wildman–Crippen LogP) is 6.08. The highest BCUT2D eigenvalue weighted by Gasteiger charge is 2.01. The number of rotatable bonds is 14. The van der Waals surface area contributed by atoms with E-state index < -0.39 is 0 Å². The van der Waals surface area contributed by atoms with Crippen LogP contribution in [0.15, 0.2) is 66.7 Å². The number of nitrogens with zero attached hydrogens (tertiary/aromatic N) is 1. The maximum atomic E-state index is 5.82. The first-order valence-corrected chi connectivity index (χ1v) is 11.9. The van der Waals surface area contributed by atoms with E-state index in [-0.39, 0.29) is 0 Å². The van der Waals surface area contributed by atoms with Crippen molar-refractivity contribution in [2.45, 2.75) is 52.4 Å². The zero-order chi connectivity index (χ0) is 22.4. The summed E-state index contributed by atoms with van der Waals surface area (Å²) < 4.78 is 11.6. The zero-order valence-corrected chi connectivity index (χ0v) is 19.7. The normalized spacial score (nSPS) is 11.1. The summed E-state index contributed by atoms with van der Waals surface area (Å²) in [6.07, 6.45) is 5.89. The molecule has 1 heterocycles. The van der Waals surface area contributed by atoms with E-state index in [1.165, 1.54) is 22.3 Å². The first-order valence-electron chi connectivity index (χ1n) is 11.9. The highest BCUT2D eigenvalue weighted by Crippen LogP contribution is 2.08. The molecule has 0 aliphatic carbocycles. The van der Waals surface area contributed by atoms with Gasteiger partial charge in [-0.05, 0) is 75.6 Å². The summed E-state index contributed by atoms with van der Waals surface area (Å²) >= 11 is 0. The number of pyridine rings is 1. The molecule has 0 saturated heterocycles. The zero-order valence-electron chi connectivity index (χ0n) is 19.7. The van der Waals surface area contributed by atoms with Gasteiger partial charge in [0.2, 0.25) is 0 Å². The maximum absolute atomic E-state index is 5.82. The number of benzene rings is 2. The molecule has 0 fully saturated rings. The Balaban J connectivity index is 1.23. The highest BCUT2D eigenvalue weighted by molar-refractivity contribution is 5.22. The van der Waals surface area contributed by atoms with E-state index in [1.807, 2.05) is 0 Å². The first-order chi connectivity index (χ1) is 15.7. The molecule has 0 radical (unpaired) electrons. The number of aromatic nitrogens is 1. The summed E-state index contributed by atoms with van der Waals surface area (Å²) in [7, 11) is 0. The van der Waals surface area contributed by atoms with Crippen molar-refractivity contribution >= 4 is 0 Å². The highest BCUT2D eigenvalue weighted by atomic mass is 16.5. The van der Waals surface area contributed by atoms with Crippen LogP contribution in [0, 0.1) is 13.8 Å². The summed E-state index contributed by atoms with van der Waals surface area (Å²) in [4.78, 5) is 4.81. The van der Waals surface area contributed by atoms with Crippen molar-refractivity contribution in [3.05, 3.63) is 100 Å². The molecule has 0 aliphatic rings. The molecule has 3 heteroatoms. The molecule has 3 rings (SSSR count). The summed E-state index contributed by atoms with van der Waals surface area (Å²) in [5.41, 5.74) is 7.59. The Labute approximate surface area is 193 Å². The summed E-state index contributed by atoms with van der Waals surface area (Å²) in [6.45, 7) is 7.36. The van der Waals surface area contributed by atoms with Gasteiger partial charge >= 0.3 is 0 Å². The molecule has 2 aromatic carbocycles. The van der Waals surface area contributed by atoms with Crippen molar-refractivity contribution < 1.29 is 9.47 Å². The summed E-state index contributed by atoms with van der Waals surface area (Å²) in [5, 5.41) is 0. The summed E-state index contributed by atoms with van der Waals surface area (Å²) in [6, 6.07) is 23.7. The van der Waals surface area contributed by atoms with Gasteiger partial charge in [-0.1, -0.05) is 65.7 Å². The fraction of sp³-hybridized carbons (Fsp3) is 0.414. The van der Waals surface area contributed by atoms with Gasteiger partial charge in [0, 0.05) is 24.6 Å². The van der Waals surface area contributed by atoms with Gasteiger partial charge in [-0.3, -0.25) is 4.98 Å². The van der Waals surface area contributed by atoms with Gasteiger partial charge in [-0.2, -0.15) is 0 Å². The lowest BCUT2D eigenvalue weighted by molar-refractivity contribution is 0.134. The van der Waals surface area contributed by atoms with Crippen molar-refractivity contribution in [3.8, 4) is 0 Å². The number of aryl methyl sites for hydroxylation is 4. The molecule has 0 atom stereocenters. The molecule has 0 spiro atoms. The monoisotopic (exact) mass is 431 g/mol. The molecular weight excluding hydrogens is 394 g/mol. The van der Waals surface area contributed by atoms with Gasteiger partial charge < -0.3 is 9.47 Å². The van der Waals surface area contributed by atoms with Crippen LogP contribution in [-0.4, -0.2) is 31.4 Å². The third-order valence-electron chi connectivity index (χ3n) is 5.62. The van der Waals surface area contributed by atoms with Gasteiger partial charge in [0.15, 0.2) is 0 Å². The standard InChI is InChI=1S/C29H37NO2/c1-24-10-14-26(15-11-24)18-22-31-20-4-8-28-6-3-7-29(30-28)9-5-21-32-23-19-27-16-12-25(2)13-17-27/h3,6-7,10-17H,4-5,8-9,18-23H2,1-2H3. The molecule has 0 unspecified atom stereocenters. The Kier molecular flexibility index (Phi) is 10.4. The molecule has 0 saturated carbocycles.